The Morgan fingerprint density at radius 3 is 1.62 bits per heavy atom. The Bertz CT molecular complexity index is 792. The minimum atomic E-state index is -0.751. The maximum atomic E-state index is 12.6. The van der Waals surface area contributed by atoms with Crippen LogP contribution < -0.4 is 10.8 Å². The van der Waals surface area contributed by atoms with E-state index < -0.39 is 17.5 Å². The van der Waals surface area contributed by atoms with Gasteiger partial charge in [0.25, 0.3) is 5.91 Å². The van der Waals surface area contributed by atoms with Gasteiger partial charge in [-0.05, 0) is 35.1 Å². The lowest BCUT2D eigenvalue weighted by Gasteiger charge is -2.39. The highest BCUT2D eigenvalue weighted by Crippen LogP contribution is 2.37. The van der Waals surface area contributed by atoms with Crippen LogP contribution in [0.4, 0.5) is 0 Å². The lowest BCUT2D eigenvalue weighted by Crippen LogP contribution is -2.55. The predicted molar refractivity (Wildman–Crippen MR) is 119 cm³/mol. The Morgan fingerprint density at radius 2 is 1.28 bits per heavy atom. The number of thioether (sulfide) groups is 1. The number of hydrogen-bond acceptors (Lipinski definition) is 4. The highest BCUT2D eigenvalue weighted by molar-refractivity contribution is 7.98. The van der Waals surface area contributed by atoms with Gasteiger partial charge < -0.3 is 0 Å². The third-order valence-electron chi connectivity index (χ3n) is 5.05. The molecule has 150 valence electrons. The third-order valence-corrected chi connectivity index (χ3v) is 5.69. The summed E-state index contributed by atoms with van der Waals surface area (Å²) < 4.78 is 0. The first-order chi connectivity index (χ1) is 14.2. The molecule has 0 radical (unpaired) electrons. The Hall–Kier alpha value is -2.60. The number of carbonyl (C=O) groups excluding carboxylic acids is 1. The lowest BCUT2D eigenvalue weighted by atomic mass is 9.76. The van der Waals surface area contributed by atoms with Gasteiger partial charge in [-0.1, -0.05) is 91.0 Å². The number of amides is 1. The van der Waals surface area contributed by atoms with Crippen molar-refractivity contribution in [3.8, 4) is 0 Å². The predicted octanol–water partition coefficient (Wildman–Crippen LogP) is 4.20. The van der Waals surface area contributed by atoms with Crippen molar-refractivity contribution in [3.05, 3.63) is 108 Å². The lowest BCUT2D eigenvalue weighted by molar-refractivity contribution is -0.131. The summed E-state index contributed by atoms with van der Waals surface area (Å²) in [5, 5.41) is 13.0. The van der Waals surface area contributed by atoms with Gasteiger partial charge in [-0.25, -0.2) is 5.48 Å². The number of carbonyl (C=O) groups is 1. The monoisotopic (exact) mass is 406 g/mol. The number of benzene rings is 3. The molecule has 0 saturated heterocycles. The summed E-state index contributed by atoms with van der Waals surface area (Å²) in [7, 11) is 0. The first kappa shape index (κ1) is 21.1. The molecular weight excluding hydrogens is 380 g/mol. The van der Waals surface area contributed by atoms with Crippen LogP contribution in [-0.4, -0.2) is 29.2 Å². The smallest absolute Gasteiger partial charge is 0.260 e. The average molecular weight is 407 g/mol. The van der Waals surface area contributed by atoms with Gasteiger partial charge in [-0.2, -0.15) is 11.8 Å². The molecule has 0 aromatic heterocycles. The summed E-state index contributed by atoms with van der Waals surface area (Å²) in [6, 6.07) is 29.8. The SMILES string of the molecule is CSCC[C@H](NC(c1ccccc1)(c1ccccc1)c1ccccc1)C(=O)NO. The second-order valence-electron chi connectivity index (χ2n) is 6.80. The summed E-state index contributed by atoms with van der Waals surface area (Å²) in [4.78, 5) is 12.6. The van der Waals surface area contributed by atoms with Crippen LogP contribution in [0.5, 0.6) is 0 Å². The van der Waals surface area contributed by atoms with Crippen molar-refractivity contribution in [1.82, 2.24) is 10.8 Å². The van der Waals surface area contributed by atoms with Crippen molar-refractivity contribution >= 4 is 17.7 Å². The van der Waals surface area contributed by atoms with Gasteiger partial charge >= 0.3 is 0 Å². The molecule has 0 aliphatic rings. The zero-order chi connectivity index (χ0) is 20.5. The molecule has 3 aromatic carbocycles. The van der Waals surface area contributed by atoms with E-state index in [1.807, 2.05) is 66.3 Å². The van der Waals surface area contributed by atoms with Crippen molar-refractivity contribution in [2.75, 3.05) is 12.0 Å². The zero-order valence-corrected chi connectivity index (χ0v) is 17.2. The van der Waals surface area contributed by atoms with Gasteiger partial charge in [0.2, 0.25) is 0 Å². The first-order valence-corrected chi connectivity index (χ1v) is 11.0. The molecule has 29 heavy (non-hydrogen) atoms. The molecule has 0 fully saturated rings. The van der Waals surface area contributed by atoms with E-state index >= 15 is 0 Å². The van der Waals surface area contributed by atoms with E-state index in [9.17, 15) is 10.0 Å². The summed E-state index contributed by atoms with van der Waals surface area (Å²) in [5.74, 6) is 0.353. The molecule has 1 atom stereocenters. The van der Waals surface area contributed by atoms with Crippen LogP contribution in [0.2, 0.25) is 0 Å². The van der Waals surface area contributed by atoms with Crippen molar-refractivity contribution in [1.29, 1.82) is 0 Å². The van der Waals surface area contributed by atoms with Gasteiger partial charge in [0.05, 0.1) is 11.6 Å². The van der Waals surface area contributed by atoms with E-state index in [4.69, 9.17) is 0 Å². The van der Waals surface area contributed by atoms with Gasteiger partial charge in [0, 0.05) is 0 Å². The molecule has 0 bridgehead atoms. The minimum Gasteiger partial charge on any atom is -0.289 e. The van der Waals surface area contributed by atoms with E-state index in [1.165, 1.54) is 0 Å². The summed E-state index contributed by atoms with van der Waals surface area (Å²) in [5.41, 5.74) is 4.17. The number of hydroxylamine groups is 1. The fraction of sp³-hybridized carbons (Fsp3) is 0.208. The molecule has 0 unspecified atom stereocenters. The average Bonchev–Trinajstić information content (AvgIpc) is 2.81. The fourth-order valence-corrected chi connectivity index (χ4v) is 4.13. The summed E-state index contributed by atoms with van der Waals surface area (Å²) in [6.45, 7) is 0. The summed E-state index contributed by atoms with van der Waals surface area (Å²) in [6.07, 6.45) is 2.59. The van der Waals surface area contributed by atoms with E-state index in [-0.39, 0.29) is 0 Å². The third kappa shape index (κ3) is 4.70. The van der Waals surface area contributed by atoms with Crippen LogP contribution >= 0.6 is 11.8 Å². The number of rotatable bonds is 9. The Labute approximate surface area is 176 Å². The zero-order valence-electron chi connectivity index (χ0n) is 16.4. The van der Waals surface area contributed by atoms with E-state index in [2.05, 4.69) is 41.7 Å². The maximum Gasteiger partial charge on any atom is 0.260 e. The van der Waals surface area contributed by atoms with Gasteiger partial charge in [0.1, 0.15) is 0 Å². The second-order valence-corrected chi connectivity index (χ2v) is 7.79. The Kier molecular flexibility index (Phi) is 7.47. The van der Waals surface area contributed by atoms with Gasteiger partial charge in [-0.3, -0.25) is 15.3 Å². The van der Waals surface area contributed by atoms with Crippen LogP contribution in [0, 0.1) is 0 Å². The van der Waals surface area contributed by atoms with Crippen LogP contribution in [0.3, 0.4) is 0 Å². The van der Waals surface area contributed by atoms with Crippen molar-refractivity contribution in [2.24, 2.45) is 0 Å². The number of nitrogens with one attached hydrogen (secondary N) is 2. The molecule has 0 aliphatic carbocycles. The Morgan fingerprint density at radius 1 is 0.862 bits per heavy atom. The molecular formula is C24H26N2O2S. The number of hydrogen-bond donors (Lipinski definition) is 3. The van der Waals surface area contributed by atoms with Crippen molar-refractivity contribution < 1.29 is 10.0 Å². The largest absolute Gasteiger partial charge is 0.289 e. The highest BCUT2D eigenvalue weighted by atomic mass is 32.2. The molecule has 3 aromatic rings. The van der Waals surface area contributed by atoms with Gasteiger partial charge in [0.15, 0.2) is 0 Å². The van der Waals surface area contributed by atoms with Crippen LogP contribution in [-0.2, 0) is 10.3 Å². The maximum absolute atomic E-state index is 12.6. The molecule has 0 heterocycles. The van der Waals surface area contributed by atoms with Crippen molar-refractivity contribution in [2.45, 2.75) is 18.0 Å². The molecule has 0 spiro atoms. The molecule has 3 rings (SSSR count). The van der Waals surface area contributed by atoms with E-state index in [0.717, 1.165) is 22.4 Å². The van der Waals surface area contributed by atoms with E-state index in [0.29, 0.717) is 6.42 Å². The highest BCUT2D eigenvalue weighted by Gasteiger charge is 2.39. The summed E-state index contributed by atoms with van der Waals surface area (Å²) >= 11 is 1.67. The van der Waals surface area contributed by atoms with Crippen LogP contribution in [0.15, 0.2) is 91.0 Å². The molecule has 4 nitrogen and oxygen atoms in total. The van der Waals surface area contributed by atoms with Crippen LogP contribution in [0.25, 0.3) is 0 Å². The second kappa shape index (κ2) is 10.3. The minimum absolute atomic E-state index is 0.439. The molecule has 0 aliphatic heterocycles. The van der Waals surface area contributed by atoms with Crippen molar-refractivity contribution in [3.63, 3.8) is 0 Å². The normalized spacial score (nSPS) is 12.3. The standard InChI is InChI=1S/C24H26N2O2S/c1-29-18-17-22(23(27)26-28)25-24(19-11-5-2-6-12-19,20-13-7-3-8-14-20)21-15-9-4-10-16-21/h2-16,22,25,28H,17-18H2,1H3,(H,26,27)/t22-/m0/s1. The molecule has 5 heteroatoms. The molecule has 0 saturated carbocycles. The van der Waals surface area contributed by atoms with Gasteiger partial charge in [-0.15, -0.1) is 0 Å². The quantitative estimate of drug-likeness (QED) is 0.283. The van der Waals surface area contributed by atoms with E-state index in [1.54, 1.807) is 11.8 Å². The first-order valence-electron chi connectivity index (χ1n) is 9.59. The van der Waals surface area contributed by atoms with Crippen LogP contribution in [0.1, 0.15) is 23.1 Å². The molecule has 3 N–H and O–H groups in total. The molecule has 1 amide bonds. The topological polar surface area (TPSA) is 61.4 Å². The fourth-order valence-electron chi connectivity index (χ4n) is 3.66. The Balaban J connectivity index is 2.23.